The summed E-state index contributed by atoms with van der Waals surface area (Å²) in [6.07, 6.45) is 2.00. The third-order valence-electron chi connectivity index (χ3n) is 4.37. The molecule has 1 unspecified atom stereocenters. The highest BCUT2D eigenvalue weighted by Gasteiger charge is 2.18. The first-order valence-electron chi connectivity index (χ1n) is 9.16. The fraction of sp³-hybridized carbons (Fsp3) is 0.450. The molecule has 0 bridgehead atoms. The Kier molecular flexibility index (Phi) is 9.84. The molecule has 5 nitrogen and oxygen atoms in total. The number of rotatable bonds is 7. The van der Waals surface area contributed by atoms with Gasteiger partial charge in [0.15, 0.2) is 5.96 Å². The van der Waals surface area contributed by atoms with E-state index in [1.165, 1.54) is 10.4 Å². The maximum absolute atomic E-state index is 6.16. The lowest BCUT2D eigenvalue weighted by atomic mass is 10.1. The monoisotopic (exact) mass is 535 g/mol. The summed E-state index contributed by atoms with van der Waals surface area (Å²) in [6, 6.07) is 10.3. The van der Waals surface area contributed by atoms with Gasteiger partial charge in [0, 0.05) is 37.0 Å². The molecule has 154 valence electrons. The van der Waals surface area contributed by atoms with E-state index >= 15 is 0 Å². The largest absolute Gasteiger partial charge is 0.488 e. The van der Waals surface area contributed by atoms with Crippen LogP contribution in [0.2, 0.25) is 4.34 Å². The SMILES string of the molecule is CN=C(NCCc1ccc(Cl)s1)NCc1ccc(C)cc1OC1CCOC1.I. The number of hydrogen-bond acceptors (Lipinski definition) is 4. The molecule has 0 spiro atoms. The van der Waals surface area contributed by atoms with Crippen molar-refractivity contribution in [2.45, 2.75) is 32.4 Å². The summed E-state index contributed by atoms with van der Waals surface area (Å²) >= 11 is 7.59. The first-order chi connectivity index (χ1) is 13.1. The minimum Gasteiger partial charge on any atom is -0.488 e. The Morgan fingerprint density at radius 1 is 1.32 bits per heavy atom. The summed E-state index contributed by atoms with van der Waals surface area (Å²) in [5.41, 5.74) is 2.30. The van der Waals surface area contributed by atoms with Gasteiger partial charge in [0.05, 0.1) is 17.6 Å². The van der Waals surface area contributed by atoms with E-state index in [4.69, 9.17) is 21.1 Å². The van der Waals surface area contributed by atoms with Crippen LogP contribution in [-0.2, 0) is 17.7 Å². The maximum atomic E-state index is 6.16. The van der Waals surface area contributed by atoms with Crippen molar-refractivity contribution in [1.29, 1.82) is 0 Å². The van der Waals surface area contributed by atoms with Crippen molar-refractivity contribution in [1.82, 2.24) is 10.6 Å². The second-order valence-corrected chi connectivity index (χ2v) is 8.32. The van der Waals surface area contributed by atoms with Gasteiger partial charge in [-0.2, -0.15) is 0 Å². The molecule has 3 rings (SSSR count). The zero-order chi connectivity index (χ0) is 19.1. The highest BCUT2D eigenvalue weighted by molar-refractivity contribution is 14.0. The quantitative estimate of drug-likeness (QED) is 0.313. The number of guanidine groups is 1. The number of nitrogens with one attached hydrogen (secondary N) is 2. The molecule has 0 saturated carbocycles. The van der Waals surface area contributed by atoms with Gasteiger partial charge < -0.3 is 20.1 Å². The van der Waals surface area contributed by atoms with Gasteiger partial charge >= 0.3 is 0 Å². The number of aliphatic imine (C=N–C) groups is 1. The van der Waals surface area contributed by atoms with Gasteiger partial charge in [-0.3, -0.25) is 4.99 Å². The van der Waals surface area contributed by atoms with Crippen molar-refractivity contribution < 1.29 is 9.47 Å². The molecule has 1 aliphatic rings. The fourth-order valence-corrected chi connectivity index (χ4v) is 3.98. The second-order valence-electron chi connectivity index (χ2n) is 6.52. The predicted octanol–water partition coefficient (Wildman–Crippen LogP) is 4.40. The molecule has 0 aliphatic carbocycles. The van der Waals surface area contributed by atoms with Gasteiger partial charge in [-0.1, -0.05) is 23.7 Å². The molecule has 1 fully saturated rings. The third kappa shape index (κ3) is 7.09. The first-order valence-corrected chi connectivity index (χ1v) is 10.4. The van der Waals surface area contributed by atoms with Crippen LogP contribution in [0.3, 0.4) is 0 Å². The van der Waals surface area contributed by atoms with Crippen LogP contribution in [0, 0.1) is 6.92 Å². The zero-order valence-electron chi connectivity index (χ0n) is 16.2. The molecule has 28 heavy (non-hydrogen) atoms. The van der Waals surface area contributed by atoms with Gasteiger partial charge in [0.1, 0.15) is 11.9 Å². The lowest BCUT2D eigenvalue weighted by molar-refractivity contribution is 0.140. The lowest BCUT2D eigenvalue weighted by Crippen LogP contribution is -2.37. The molecule has 1 aliphatic heterocycles. The van der Waals surface area contributed by atoms with E-state index in [1.54, 1.807) is 18.4 Å². The Hall–Kier alpha value is -1.03. The number of aryl methyl sites for hydroxylation is 1. The van der Waals surface area contributed by atoms with Gasteiger partial charge in [-0.15, -0.1) is 35.3 Å². The Morgan fingerprint density at radius 3 is 2.86 bits per heavy atom. The highest BCUT2D eigenvalue weighted by Crippen LogP contribution is 2.24. The van der Waals surface area contributed by atoms with Crippen LogP contribution in [0.15, 0.2) is 35.3 Å². The van der Waals surface area contributed by atoms with Crippen LogP contribution in [0.25, 0.3) is 0 Å². The molecule has 2 N–H and O–H groups in total. The first kappa shape index (κ1) is 23.3. The van der Waals surface area contributed by atoms with Crippen molar-refractivity contribution in [3.63, 3.8) is 0 Å². The summed E-state index contributed by atoms with van der Waals surface area (Å²) in [5.74, 6) is 1.69. The van der Waals surface area contributed by atoms with E-state index < -0.39 is 0 Å². The Labute approximate surface area is 192 Å². The molecule has 1 aromatic heterocycles. The Morgan fingerprint density at radius 2 is 2.18 bits per heavy atom. The molecule has 0 amide bonds. The molecule has 1 saturated heterocycles. The molecule has 2 heterocycles. The number of nitrogens with zero attached hydrogens (tertiary/aromatic N) is 1. The number of benzene rings is 1. The molecular weight excluding hydrogens is 509 g/mol. The van der Waals surface area contributed by atoms with Crippen LogP contribution in [0.1, 0.15) is 22.4 Å². The van der Waals surface area contributed by atoms with Crippen molar-refractivity contribution >= 4 is 52.9 Å². The molecular formula is C20H27ClIN3O2S. The smallest absolute Gasteiger partial charge is 0.191 e. The number of hydrogen-bond donors (Lipinski definition) is 2. The van der Waals surface area contributed by atoms with Crippen molar-refractivity contribution in [3.8, 4) is 5.75 Å². The van der Waals surface area contributed by atoms with Gasteiger partial charge in [-0.05, 0) is 37.1 Å². The minimum absolute atomic E-state index is 0. The van der Waals surface area contributed by atoms with E-state index in [1.807, 2.05) is 6.07 Å². The van der Waals surface area contributed by atoms with Crippen LogP contribution in [-0.4, -0.2) is 38.9 Å². The van der Waals surface area contributed by atoms with Crippen molar-refractivity contribution in [3.05, 3.63) is 50.7 Å². The topological polar surface area (TPSA) is 54.9 Å². The predicted molar refractivity (Wildman–Crippen MR) is 128 cm³/mol. The van der Waals surface area contributed by atoms with Crippen molar-refractivity contribution in [2.24, 2.45) is 4.99 Å². The summed E-state index contributed by atoms with van der Waals surface area (Å²) in [6.45, 7) is 4.96. The van der Waals surface area contributed by atoms with Gasteiger partial charge in [-0.25, -0.2) is 0 Å². The van der Waals surface area contributed by atoms with E-state index in [0.717, 1.165) is 47.6 Å². The zero-order valence-corrected chi connectivity index (χ0v) is 20.1. The fourth-order valence-electron chi connectivity index (χ4n) is 2.89. The number of thiophene rings is 1. The summed E-state index contributed by atoms with van der Waals surface area (Å²) < 4.78 is 12.4. The van der Waals surface area contributed by atoms with Crippen molar-refractivity contribution in [2.75, 3.05) is 26.8 Å². The minimum atomic E-state index is 0. The van der Waals surface area contributed by atoms with E-state index in [2.05, 4.69) is 46.8 Å². The normalized spacial score (nSPS) is 16.5. The van der Waals surface area contributed by atoms with E-state index in [0.29, 0.717) is 13.2 Å². The molecule has 8 heteroatoms. The average Bonchev–Trinajstić information content (AvgIpc) is 3.31. The van der Waals surface area contributed by atoms with E-state index in [9.17, 15) is 0 Å². The molecule has 1 atom stereocenters. The summed E-state index contributed by atoms with van der Waals surface area (Å²) in [5, 5.41) is 6.71. The van der Waals surface area contributed by atoms with Crippen LogP contribution in [0.4, 0.5) is 0 Å². The maximum Gasteiger partial charge on any atom is 0.191 e. The van der Waals surface area contributed by atoms with Gasteiger partial charge in [0.2, 0.25) is 0 Å². The van der Waals surface area contributed by atoms with Crippen LogP contribution in [0.5, 0.6) is 5.75 Å². The van der Waals surface area contributed by atoms with Gasteiger partial charge in [0.25, 0.3) is 0 Å². The van der Waals surface area contributed by atoms with Crippen LogP contribution >= 0.6 is 46.9 Å². The standard InChI is InChI=1S/C20H26ClN3O2S.HI/c1-14-3-4-15(18(11-14)26-16-8-10-25-13-16)12-24-20(22-2)23-9-7-17-5-6-19(21)27-17;/h3-6,11,16H,7-10,12-13H2,1-2H3,(H2,22,23,24);1H. The Balaban J connectivity index is 0.00000280. The lowest BCUT2D eigenvalue weighted by Gasteiger charge is -2.18. The number of ether oxygens (including phenoxy) is 2. The van der Waals surface area contributed by atoms with E-state index in [-0.39, 0.29) is 30.1 Å². The number of halogens is 2. The molecule has 0 radical (unpaired) electrons. The third-order valence-corrected chi connectivity index (χ3v) is 5.66. The summed E-state index contributed by atoms with van der Waals surface area (Å²) in [7, 11) is 1.78. The second kappa shape index (κ2) is 11.8. The average molecular weight is 536 g/mol. The summed E-state index contributed by atoms with van der Waals surface area (Å²) in [4.78, 5) is 5.56. The molecule has 1 aromatic carbocycles. The molecule has 2 aromatic rings. The Bertz CT molecular complexity index is 779. The highest BCUT2D eigenvalue weighted by atomic mass is 127. The van der Waals surface area contributed by atoms with Crippen LogP contribution < -0.4 is 15.4 Å².